The summed E-state index contributed by atoms with van der Waals surface area (Å²) in [7, 11) is 0. The van der Waals surface area contributed by atoms with E-state index in [9.17, 15) is 9.59 Å². The fourth-order valence-corrected chi connectivity index (χ4v) is 2.43. The summed E-state index contributed by atoms with van der Waals surface area (Å²) in [4.78, 5) is 26.7. The lowest BCUT2D eigenvalue weighted by atomic mass is 10.1. The maximum atomic E-state index is 12.5. The fraction of sp³-hybridized carbons (Fsp3) is 0.0588. The molecule has 0 aliphatic heterocycles. The van der Waals surface area contributed by atoms with Gasteiger partial charge in [0.2, 0.25) is 0 Å². The van der Waals surface area contributed by atoms with Crippen molar-refractivity contribution in [2.45, 2.75) is 6.92 Å². The van der Waals surface area contributed by atoms with Crippen LogP contribution in [0.2, 0.25) is 5.02 Å². The minimum atomic E-state index is -0.505. The molecule has 0 spiro atoms. The maximum absolute atomic E-state index is 12.5. The fourth-order valence-electron chi connectivity index (χ4n) is 2.25. The van der Waals surface area contributed by atoms with Crippen LogP contribution in [0.3, 0.4) is 0 Å². The van der Waals surface area contributed by atoms with Crippen molar-refractivity contribution in [3.63, 3.8) is 0 Å². The smallest absolute Gasteiger partial charge is 0.308 e. The van der Waals surface area contributed by atoms with Crippen LogP contribution in [0.4, 0.5) is 5.69 Å². The molecule has 2 N–H and O–H groups in total. The summed E-state index contributed by atoms with van der Waals surface area (Å²) in [6.45, 7) is 1.27. The van der Waals surface area contributed by atoms with Gasteiger partial charge >= 0.3 is 5.97 Å². The molecule has 6 heteroatoms. The number of hydrogen-bond donors (Lipinski definition) is 2. The summed E-state index contributed by atoms with van der Waals surface area (Å²) in [6.07, 6.45) is 1.83. The standard InChI is InChI=1S/C17H13ClN2O3/c1-10(21)23-16-5-2-12(18)9-14(16)17(22)20-13-3-4-15-11(8-13)6-7-19-15/h2-9,19H,1H3,(H,20,22). The summed E-state index contributed by atoms with van der Waals surface area (Å²) < 4.78 is 5.05. The third-order valence-electron chi connectivity index (χ3n) is 3.25. The van der Waals surface area contributed by atoms with Gasteiger partial charge in [-0.3, -0.25) is 9.59 Å². The predicted octanol–water partition coefficient (Wildman–Crippen LogP) is 4.00. The number of halogens is 1. The van der Waals surface area contributed by atoms with Crippen molar-refractivity contribution < 1.29 is 14.3 Å². The molecular weight excluding hydrogens is 316 g/mol. The average Bonchev–Trinajstić information content (AvgIpc) is 2.96. The number of amides is 1. The quantitative estimate of drug-likeness (QED) is 0.564. The molecule has 2 aromatic carbocycles. The van der Waals surface area contributed by atoms with Crippen LogP contribution in [0.1, 0.15) is 17.3 Å². The molecule has 1 amide bonds. The Bertz CT molecular complexity index is 902. The number of carbonyl (C=O) groups excluding carboxylic acids is 2. The van der Waals surface area contributed by atoms with Crippen LogP contribution in [0.5, 0.6) is 5.75 Å². The van der Waals surface area contributed by atoms with E-state index in [0.29, 0.717) is 10.7 Å². The van der Waals surface area contributed by atoms with Crippen LogP contribution in [0.25, 0.3) is 10.9 Å². The van der Waals surface area contributed by atoms with E-state index in [4.69, 9.17) is 16.3 Å². The van der Waals surface area contributed by atoms with Gasteiger partial charge in [0.25, 0.3) is 5.91 Å². The second-order valence-electron chi connectivity index (χ2n) is 4.97. The largest absolute Gasteiger partial charge is 0.426 e. The van der Waals surface area contributed by atoms with Crippen molar-refractivity contribution in [1.29, 1.82) is 0 Å². The van der Waals surface area contributed by atoms with Crippen molar-refractivity contribution in [1.82, 2.24) is 4.98 Å². The van der Waals surface area contributed by atoms with Gasteiger partial charge in [-0.2, -0.15) is 0 Å². The van der Waals surface area contributed by atoms with Crippen LogP contribution < -0.4 is 10.1 Å². The Balaban J connectivity index is 1.90. The summed E-state index contributed by atoms with van der Waals surface area (Å²) >= 11 is 5.94. The third kappa shape index (κ3) is 3.35. The van der Waals surface area contributed by atoms with E-state index in [-0.39, 0.29) is 11.3 Å². The SMILES string of the molecule is CC(=O)Oc1ccc(Cl)cc1C(=O)Nc1ccc2[nH]ccc2c1. The lowest BCUT2D eigenvalue weighted by Gasteiger charge is -2.10. The maximum Gasteiger partial charge on any atom is 0.308 e. The molecule has 23 heavy (non-hydrogen) atoms. The van der Waals surface area contributed by atoms with E-state index in [1.807, 2.05) is 24.4 Å². The number of carbonyl (C=O) groups is 2. The number of fused-ring (bicyclic) bond motifs is 1. The van der Waals surface area contributed by atoms with Crippen LogP contribution in [0, 0.1) is 0 Å². The summed E-state index contributed by atoms with van der Waals surface area (Å²) in [5, 5.41) is 4.14. The summed E-state index contributed by atoms with van der Waals surface area (Å²) in [5.74, 6) is -0.740. The van der Waals surface area contributed by atoms with Crippen molar-refractivity contribution in [3.05, 3.63) is 59.2 Å². The van der Waals surface area contributed by atoms with E-state index in [0.717, 1.165) is 10.9 Å². The predicted molar refractivity (Wildman–Crippen MR) is 89.0 cm³/mol. The van der Waals surface area contributed by atoms with Gasteiger partial charge in [0.1, 0.15) is 5.75 Å². The van der Waals surface area contributed by atoms with Crippen molar-refractivity contribution in [3.8, 4) is 5.75 Å². The molecule has 0 aliphatic rings. The number of anilines is 1. The number of aromatic amines is 1. The first kappa shape index (κ1) is 15.1. The number of esters is 1. The Labute approximate surface area is 137 Å². The number of H-pyrrole nitrogens is 1. The minimum Gasteiger partial charge on any atom is -0.426 e. The molecule has 1 heterocycles. The van der Waals surface area contributed by atoms with E-state index in [1.165, 1.54) is 19.1 Å². The average molecular weight is 329 g/mol. The van der Waals surface area contributed by atoms with E-state index >= 15 is 0 Å². The Morgan fingerprint density at radius 1 is 1.13 bits per heavy atom. The van der Waals surface area contributed by atoms with Gasteiger partial charge in [-0.25, -0.2) is 0 Å². The normalized spacial score (nSPS) is 10.5. The molecule has 0 atom stereocenters. The number of hydrogen-bond acceptors (Lipinski definition) is 3. The number of nitrogens with one attached hydrogen (secondary N) is 2. The van der Waals surface area contributed by atoms with Crippen LogP contribution in [0.15, 0.2) is 48.7 Å². The number of aromatic nitrogens is 1. The number of benzene rings is 2. The first-order valence-electron chi connectivity index (χ1n) is 6.89. The Morgan fingerprint density at radius 2 is 1.96 bits per heavy atom. The first-order chi connectivity index (χ1) is 11.0. The minimum absolute atomic E-state index is 0.169. The Morgan fingerprint density at radius 3 is 2.74 bits per heavy atom. The first-order valence-corrected chi connectivity index (χ1v) is 7.27. The molecule has 1 aromatic heterocycles. The van der Waals surface area contributed by atoms with E-state index in [2.05, 4.69) is 10.3 Å². The van der Waals surface area contributed by atoms with Gasteiger partial charge in [0, 0.05) is 34.7 Å². The third-order valence-corrected chi connectivity index (χ3v) is 3.49. The van der Waals surface area contributed by atoms with Gasteiger partial charge in [0.15, 0.2) is 0 Å². The molecule has 0 saturated heterocycles. The van der Waals surface area contributed by atoms with Crippen LogP contribution in [-0.4, -0.2) is 16.9 Å². The topological polar surface area (TPSA) is 71.2 Å². The molecule has 3 aromatic rings. The second-order valence-corrected chi connectivity index (χ2v) is 5.40. The molecular formula is C17H13ClN2O3. The number of ether oxygens (including phenoxy) is 1. The van der Waals surface area contributed by atoms with E-state index in [1.54, 1.807) is 12.1 Å². The highest BCUT2D eigenvalue weighted by Crippen LogP contribution is 2.25. The summed E-state index contributed by atoms with van der Waals surface area (Å²) in [6, 6.07) is 11.9. The molecule has 5 nitrogen and oxygen atoms in total. The van der Waals surface area contributed by atoms with Crippen molar-refractivity contribution in [2.24, 2.45) is 0 Å². The van der Waals surface area contributed by atoms with E-state index < -0.39 is 11.9 Å². The van der Waals surface area contributed by atoms with Crippen molar-refractivity contribution in [2.75, 3.05) is 5.32 Å². The van der Waals surface area contributed by atoms with Crippen LogP contribution >= 0.6 is 11.6 Å². The molecule has 116 valence electrons. The molecule has 0 fully saturated rings. The van der Waals surface area contributed by atoms with Gasteiger partial charge in [-0.05, 0) is 42.5 Å². The molecule has 0 aliphatic carbocycles. The zero-order valence-corrected chi connectivity index (χ0v) is 13.0. The molecule has 0 saturated carbocycles. The highest BCUT2D eigenvalue weighted by molar-refractivity contribution is 6.31. The van der Waals surface area contributed by atoms with Crippen molar-refractivity contribution >= 4 is 40.1 Å². The van der Waals surface area contributed by atoms with Crippen LogP contribution in [-0.2, 0) is 4.79 Å². The second kappa shape index (κ2) is 6.14. The van der Waals surface area contributed by atoms with Gasteiger partial charge in [-0.1, -0.05) is 11.6 Å². The van der Waals surface area contributed by atoms with Gasteiger partial charge in [0.05, 0.1) is 5.56 Å². The highest BCUT2D eigenvalue weighted by atomic mass is 35.5. The summed E-state index contributed by atoms with van der Waals surface area (Å²) in [5.41, 5.74) is 1.81. The molecule has 0 unspecified atom stereocenters. The molecule has 0 bridgehead atoms. The molecule has 0 radical (unpaired) electrons. The number of rotatable bonds is 3. The van der Waals surface area contributed by atoms with Gasteiger partial charge < -0.3 is 15.0 Å². The van der Waals surface area contributed by atoms with Gasteiger partial charge in [-0.15, -0.1) is 0 Å². The monoisotopic (exact) mass is 328 g/mol. The zero-order valence-electron chi connectivity index (χ0n) is 12.2. The Kier molecular flexibility index (Phi) is 4.04. The molecule has 3 rings (SSSR count). The lowest BCUT2D eigenvalue weighted by molar-refractivity contribution is -0.131. The highest BCUT2D eigenvalue weighted by Gasteiger charge is 2.15. The Hall–Kier alpha value is -2.79. The lowest BCUT2D eigenvalue weighted by Crippen LogP contribution is -2.15. The zero-order chi connectivity index (χ0) is 16.4.